The zero-order valence-corrected chi connectivity index (χ0v) is 11.5. The molecule has 0 aliphatic rings. The molecule has 0 saturated carbocycles. The molecule has 0 atom stereocenters. The Morgan fingerprint density at radius 1 is 1.25 bits per heavy atom. The second kappa shape index (κ2) is 6.01. The summed E-state index contributed by atoms with van der Waals surface area (Å²) in [6.07, 6.45) is 1.66. The average molecular weight is 273 g/mol. The molecule has 2 rings (SSSR count). The molecule has 1 aromatic heterocycles. The number of aromatic nitrogens is 1. The van der Waals surface area contributed by atoms with Crippen LogP contribution in [0.1, 0.15) is 5.56 Å². The van der Waals surface area contributed by atoms with Crippen LogP contribution in [0, 0.1) is 10.1 Å². The fraction of sp³-hybridized carbons (Fsp3) is 0.214. The van der Waals surface area contributed by atoms with Crippen LogP contribution in [0.5, 0.6) is 0 Å². The Morgan fingerprint density at radius 2 is 1.95 bits per heavy atom. The predicted octanol–water partition coefficient (Wildman–Crippen LogP) is 2.09. The Hall–Kier alpha value is -2.63. The normalized spacial score (nSPS) is 10.1. The van der Waals surface area contributed by atoms with Crippen molar-refractivity contribution in [3.8, 4) is 0 Å². The molecule has 0 saturated heterocycles. The fourth-order valence-electron chi connectivity index (χ4n) is 1.82. The minimum absolute atomic E-state index is 0.0393. The van der Waals surface area contributed by atoms with Gasteiger partial charge < -0.3 is 4.90 Å². The molecule has 0 radical (unpaired) electrons. The van der Waals surface area contributed by atoms with Crippen molar-refractivity contribution in [3.05, 3.63) is 58.3 Å². The van der Waals surface area contributed by atoms with Gasteiger partial charge in [-0.3, -0.25) is 15.4 Å². The number of nitrogens with one attached hydrogen (secondary N) is 2. The second-order valence-corrected chi connectivity index (χ2v) is 4.60. The summed E-state index contributed by atoms with van der Waals surface area (Å²) in [4.78, 5) is 15.4. The zero-order valence-electron chi connectivity index (χ0n) is 11.5. The Labute approximate surface area is 117 Å². The molecule has 6 heteroatoms. The third kappa shape index (κ3) is 3.23. The third-order valence-electron chi connectivity index (χ3n) is 2.95. The van der Waals surface area contributed by atoms with Crippen molar-refractivity contribution in [2.75, 3.05) is 24.3 Å². The van der Waals surface area contributed by atoms with Gasteiger partial charge in [0.25, 0.3) is 0 Å². The lowest BCUT2D eigenvalue weighted by Gasteiger charge is -2.12. The van der Waals surface area contributed by atoms with E-state index in [4.69, 9.17) is 0 Å². The highest BCUT2D eigenvalue weighted by Crippen LogP contribution is 2.19. The quantitative estimate of drug-likeness (QED) is 0.668. The second-order valence-electron chi connectivity index (χ2n) is 4.60. The van der Waals surface area contributed by atoms with Crippen molar-refractivity contribution < 1.29 is 9.91 Å². The Morgan fingerprint density at radius 3 is 2.55 bits per heavy atom. The molecular formula is C14H17N4O2+. The van der Waals surface area contributed by atoms with E-state index in [-0.39, 0.29) is 5.69 Å². The van der Waals surface area contributed by atoms with Crippen LogP contribution in [-0.2, 0) is 6.54 Å². The van der Waals surface area contributed by atoms with Crippen LogP contribution in [0.2, 0.25) is 0 Å². The number of pyridine rings is 1. The van der Waals surface area contributed by atoms with Crippen LogP contribution in [0.4, 0.5) is 17.2 Å². The number of benzene rings is 1. The standard InChI is InChI=1S/C14H16N4O2/c1-17(2)12-7-5-11(6-8-12)10-16-14-13(18(19)20)4-3-9-15-14/h3-9H,10H2,1-2H3,(H,15,16)/p+1. The number of nitro groups is 1. The van der Waals surface area contributed by atoms with Gasteiger partial charge in [0.1, 0.15) is 6.54 Å². The van der Waals surface area contributed by atoms with Gasteiger partial charge in [-0.2, -0.15) is 0 Å². The van der Waals surface area contributed by atoms with E-state index in [0.29, 0.717) is 12.4 Å². The van der Waals surface area contributed by atoms with Gasteiger partial charge in [-0.1, -0.05) is 12.1 Å². The number of H-pyrrole nitrogens is 1. The molecule has 2 aromatic rings. The molecule has 6 nitrogen and oxygen atoms in total. The van der Waals surface area contributed by atoms with Gasteiger partial charge in [0.05, 0.1) is 11.1 Å². The summed E-state index contributed by atoms with van der Waals surface area (Å²) in [6.45, 7) is 0.523. The highest BCUT2D eigenvalue weighted by molar-refractivity contribution is 5.52. The number of anilines is 2. The largest absolute Gasteiger partial charge is 0.378 e. The van der Waals surface area contributed by atoms with E-state index in [9.17, 15) is 10.1 Å². The van der Waals surface area contributed by atoms with Gasteiger partial charge in [-0.15, -0.1) is 0 Å². The van der Waals surface area contributed by atoms with Crippen molar-refractivity contribution in [1.82, 2.24) is 0 Å². The molecule has 0 unspecified atom stereocenters. The smallest absolute Gasteiger partial charge is 0.357 e. The van der Waals surface area contributed by atoms with Crippen molar-refractivity contribution in [2.45, 2.75) is 6.54 Å². The van der Waals surface area contributed by atoms with Gasteiger partial charge in [0.15, 0.2) is 0 Å². The molecule has 104 valence electrons. The summed E-state index contributed by atoms with van der Waals surface area (Å²) < 4.78 is 0. The van der Waals surface area contributed by atoms with E-state index in [1.165, 1.54) is 6.07 Å². The maximum absolute atomic E-state index is 10.9. The molecule has 0 aliphatic carbocycles. The van der Waals surface area contributed by atoms with Crippen LogP contribution in [0.3, 0.4) is 0 Å². The summed E-state index contributed by atoms with van der Waals surface area (Å²) in [6, 6.07) is 11.1. The molecule has 0 amide bonds. The third-order valence-corrected chi connectivity index (χ3v) is 2.95. The number of hydrogen-bond donors (Lipinski definition) is 1. The highest BCUT2D eigenvalue weighted by Gasteiger charge is 2.19. The average Bonchev–Trinajstić information content (AvgIpc) is 2.45. The van der Waals surface area contributed by atoms with Gasteiger partial charge in [-0.05, 0) is 23.8 Å². The lowest BCUT2D eigenvalue weighted by atomic mass is 10.2. The van der Waals surface area contributed by atoms with Crippen molar-refractivity contribution in [3.63, 3.8) is 0 Å². The monoisotopic (exact) mass is 273 g/mol. The molecule has 1 heterocycles. The Kier molecular flexibility index (Phi) is 4.14. The molecule has 0 spiro atoms. The maximum Gasteiger partial charge on any atom is 0.357 e. The topological polar surface area (TPSA) is 72.5 Å². The lowest BCUT2D eigenvalue weighted by Crippen LogP contribution is -2.14. The zero-order chi connectivity index (χ0) is 14.5. The molecule has 2 N–H and O–H groups in total. The van der Waals surface area contributed by atoms with Gasteiger partial charge in [-0.25, -0.2) is 4.98 Å². The predicted molar refractivity (Wildman–Crippen MR) is 77.7 cm³/mol. The van der Waals surface area contributed by atoms with Crippen LogP contribution in [0.15, 0.2) is 42.6 Å². The fourth-order valence-corrected chi connectivity index (χ4v) is 1.82. The molecule has 0 fully saturated rings. The van der Waals surface area contributed by atoms with Crippen molar-refractivity contribution in [1.29, 1.82) is 0 Å². The van der Waals surface area contributed by atoms with E-state index in [0.717, 1.165) is 11.3 Å². The molecule has 1 aromatic carbocycles. The SMILES string of the molecule is CN(C)c1ccc(CNc2[nH+]cccc2[N+](=O)[O-])cc1. The summed E-state index contributed by atoms with van der Waals surface area (Å²) >= 11 is 0. The molecule has 0 bridgehead atoms. The number of aromatic amines is 1. The van der Waals surface area contributed by atoms with E-state index in [1.807, 2.05) is 43.3 Å². The lowest BCUT2D eigenvalue weighted by molar-refractivity contribution is -0.409. The summed E-state index contributed by atoms with van der Waals surface area (Å²) in [7, 11) is 3.96. The van der Waals surface area contributed by atoms with Gasteiger partial charge >= 0.3 is 11.5 Å². The van der Waals surface area contributed by atoms with E-state index in [1.54, 1.807) is 12.3 Å². The van der Waals surface area contributed by atoms with Crippen LogP contribution >= 0.6 is 0 Å². The summed E-state index contributed by atoms with van der Waals surface area (Å²) in [5.74, 6) is 0.411. The number of nitrogens with zero attached hydrogens (tertiary/aromatic N) is 2. The molecular weight excluding hydrogens is 256 g/mol. The first-order chi connectivity index (χ1) is 9.58. The van der Waals surface area contributed by atoms with Gasteiger partial charge in [0, 0.05) is 25.8 Å². The van der Waals surface area contributed by atoms with Crippen molar-refractivity contribution >= 4 is 17.2 Å². The minimum atomic E-state index is -0.409. The highest BCUT2D eigenvalue weighted by atomic mass is 16.6. The van der Waals surface area contributed by atoms with Crippen LogP contribution in [0.25, 0.3) is 0 Å². The first-order valence-corrected chi connectivity index (χ1v) is 6.23. The first kappa shape index (κ1) is 13.8. The van der Waals surface area contributed by atoms with E-state index in [2.05, 4.69) is 10.3 Å². The van der Waals surface area contributed by atoms with E-state index >= 15 is 0 Å². The Balaban J connectivity index is 2.07. The van der Waals surface area contributed by atoms with Crippen LogP contribution < -0.4 is 15.2 Å². The summed E-state index contributed by atoms with van der Waals surface area (Å²) in [5, 5.41) is 13.9. The maximum atomic E-state index is 10.9. The molecule has 0 aliphatic heterocycles. The number of rotatable bonds is 5. The van der Waals surface area contributed by atoms with E-state index < -0.39 is 4.92 Å². The number of hydrogen-bond acceptors (Lipinski definition) is 4. The molecule has 20 heavy (non-hydrogen) atoms. The minimum Gasteiger partial charge on any atom is -0.378 e. The first-order valence-electron chi connectivity index (χ1n) is 6.23. The van der Waals surface area contributed by atoms with Gasteiger partial charge in [0.2, 0.25) is 0 Å². The summed E-state index contributed by atoms with van der Waals surface area (Å²) in [5.41, 5.74) is 2.21. The Bertz CT molecular complexity index is 596. The van der Waals surface area contributed by atoms with Crippen LogP contribution in [-0.4, -0.2) is 19.0 Å². The van der Waals surface area contributed by atoms with Crippen molar-refractivity contribution in [2.24, 2.45) is 0 Å².